The van der Waals surface area contributed by atoms with E-state index in [2.05, 4.69) is 15.2 Å². The van der Waals surface area contributed by atoms with Crippen molar-refractivity contribution in [3.63, 3.8) is 0 Å². The molecule has 0 bridgehead atoms. The van der Waals surface area contributed by atoms with Crippen molar-refractivity contribution in [1.82, 2.24) is 10.2 Å². The number of carbonyl (C=O) groups excluding carboxylic acids is 1. The predicted octanol–water partition coefficient (Wildman–Crippen LogP) is 1.84. The highest BCUT2D eigenvalue weighted by molar-refractivity contribution is 5.84. The molecule has 13 heavy (non-hydrogen) atoms. The van der Waals surface area contributed by atoms with Crippen molar-refractivity contribution < 1.29 is 4.79 Å². The van der Waals surface area contributed by atoms with Crippen LogP contribution in [0, 0.1) is 6.92 Å². The molecule has 0 saturated carbocycles. The van der Waals surface area contributed by atoms with Crippen LogP contribution in [0.4, 0.5) is 5.69 Å². The SMILES string of the molecule is Cc1[nH]nc2ccc(N=C=O)cc12. The van der Waals surface area contributed by atoms with Gasteiger partial charge in [0.25, 0.3) is 0 Å². The highest BCUT2D eigenvalue weighted by Gasteiger charge is 2.00. The molecule has 0 aliphatic heterocycles. The lowest BCUT2D eigenvalue weighted by atomic mass is 10.2. The maximum absolute atomic E-state index is 10.0. The summed E-state index contributed by atoms with van der Waals surface area (Å²) in [6.07, 6.45) is 1.50. The Labute approximate surface area is 74.3 Å². The topological polar surface area (TPSA) is 58.1 Å². The molecular weight excluding hydrogens is 166 g/mol. The van der Waals surface area contributed by atoms with Gasteiger partial charge in [0.1, 0.15) is 0 Å². The van der Waals surface area contributed by atoms with E-state index < -0.39 is 0 Å². The lowest BCUT2D eigenvalue weighted by Gasteiger charge is -1.90. The molecule has 1 N–H and O–H groups in total. The van der Waals surface area contributed by atoms with E-state index in [-0.39, 0.29) is 0 Å². The van der Waals surface area contributed by atoms with Gasteiger partial charge in [-0.05, 0) is 25.1 Å². The number of hydrogen-bond donors (Lipinski definition) is 1. The molecule has 1 aromatic heterocycles. The maximum atomic E-state index is 10.0. The van der Waals surface area contributed by atoms with Crippen LogP contribution in [0.1, 0.15) is 5.69 Å². The molecule has 0 aliphatic carbocycles. The normalized spacial score (nSPS) is 9.92. The second-order valence-corrected chi connectivity index (χ2v) is 2.75. The Morgan fingerprint density at radius 3 is 3.15 bits per heavy atom. The molecule has 0 unspecified atom stereocenters. The summed E-state index contributed by atoms with van der Waals surface area (Å²) in [6.45, 7) is 1.92. The third kappa shape index (κ3) is 1.23. The molecule has 4 heteroatoms. The lowest BCUT2D eigenvalue weighted by Crippen LogP contribution is -1.69. The molecule has 1 heterocycles. The minimum atomic E-state index is 0.604. The second-order valence-electron chi connectivity index (χ2n) is 2.75. The third-order valence-electron chi connectivity index (χ3n) is 1.90. The van der Waals surface area contributed by atoms with Gasteiger partial charge in [-0.2, -0.15) is 10.1 Å². The highest BCUT2D eigenvalue weighted by atomic mass is 16.1. The fourth-order valence-corrected chi connectivity index (χ4v) is 1.25. The Morgan fingerprint density at radius 2 is 2.38 bits per heavy atom. The minimum absolute atomic E-state index is 0.604. The van der Waals surface area contributed by atoms with Crippen LogP contribution >= 0.6 is 0 Å². The smallest absolute Gasteiger partial charge is 0.240 e. The van der Waals surface area contributed by atoms with E-state index in [9.17, 15) is 4.79 Å². The number of isocyanates is 1. The van der Waals surface area contributed by atoms with Crippen molar-refractivity contribution in [2.24, 2.45) is 4.99 Å². The van der Waals surface area contributed by atoms with Crippen LogP contribution in [0.2, 0.25) is 0 Å². The van der Waals surface area contributed by atoms with Crippen LogP contribution in [-0.4, -0.2) is 16.3 Å². The summed E-state index contributed by atoms with van der Waals surface area (Å²) >= 11 is 0. The van der Waals surface area contributed by atoms with Gasteiger partial charge in [0.2, 0.25) is 6.08 Å². The van der Waals surface area contributed by atoms with E-state index in [1.54, 1.807) is 12.1 Å². The monoisotopic (exact) mass is 173 g/mol. The predicted molar refractivity (Wildman–Crippen MR) is 48.6 cm³/mol. The molecule has 2 aromatic rings. The van der Waals surface area contributed by atoms with E-state index in [0.717, 1.165) is 16.6 Å². The number of aromatic nitrogens is 2. The molecule has 0 aliphatic rings. The van der Waals surface area contributed by atoms with Gasteiger partial charge in [0.05, 0.1) is 11.2 Å². The molecule has 0 radical (unpaired) electrons. The van der Waals surface area contributed by atoms with Crippen LogP contribution < -0.4 is 0 Å². The van der Waals surface area contributed by atoms with Crippen molar-refractivity contribution in [2.75, 3.05) is 0 Å². The average Bonchev–Trinajstić information content (AvgIpc) is 2.49. The minimum Gasteiger partial charge on any atom is -0.282 e. The number of fused-ring (bicyclic) bond motifs is 1. The number of nitrogens with one attached hydrogen (secondary N) is 1. The fraction of sp³-hybridized carbons (Fsp3) is 0.111. The van der Waals surface area contributed by atoms with E-state index in [1.165, 1.54) is 6.08 Å². The average molecular weight is 173 g/mol. The second kappa shape index (κ2) is 2.84. The lowest BCUT2D eigenvalue weighted by molar-refractivity contribution is 0.565. The van der Waals surface area contributed by atoms with Gasteiger partial charge in [-0.25, -0.2) is 4.79 Å². The van der Waals surface area contributed by atoms with E-state index in [0.29, 0.717) is 5.69 Å². The number of aryl methyl sites for hydroxylation is 1. The number of H-pyrrole nitrogens is 1. The van der Waals surface area contributed by atoms with Crippen molar-refractivity contribution in [1.29, 1.82) is 0 Å². The first-order valence-electron chi connectivity index (χ1n) is 3.84. The Morgan fingerprint density at radius 1 is 1.54 bits per heavy atom. The quantitative estimate of drug-likeness (QED) is 0.528. The zero-order valence-electron chi connectivity index (χ0n) is 7.03. The third-order valence-corrected chi connectivity index (χ3v) is 1.90. The van der Waals surface area contributed by atoms with Gasteiger partial charge in [0, 0.05) is 11.1 Å². The molecule has 0 atom stereocenters. The summed E-state index contributed by atoms with van der Waals surface area (Å²) in [7, 11) is 0. The number of benzene rings is 1. The van der Waals surface area contributed by atoms with Gasteiger partial charge in [0.15, 0.2) is 0 Å². The summed E-state index contributed by atoms with van der Waals surface area (Å²) < 4.78 is 0. The number of rotatable bonds is 1. The van der Waals surface area contributed by atoms with Gasteiger partial charge in [-0.1, -0.05) is 0 Å². The van der Waals surface area contributed by atoms with E-state index >= 15 is 0 Å². The largest absolute Gasteiger partial charge is 0.282 e. The van der Waals surface area contributed by atoms with Crippen molar-refractivity contribution in [3.8, 4) is 0 Å². The Kier molecular flexibility index (Phi) is 1.69. The van der Waals surface area contributed by atoms with Gasteiger partial charge in [-0.3, -0.25) is 5.10 Å². The van der Waals surface area contributed by atoms with Gasteiger partial charge < -0.3 is 0 Å². The van der Waals surface area contributed by atoms with Crippen molar-refractivity contribution >= 4 is 22.7 Å². The summed E-state index contributed by atoms with van der Waals surface area (Å²) in [5, 5.41) is 7.89. The molecule has 4 nitrogen and oxygen atoms in total. The molecule has 0 spiro atoms. The van der Waals surface area contributed by atoms with Crippen LogP contribution in [0.3, 0.4) is 0 Å². The first-order chi connectivity index (χ1) is 6.31. The summed E-state index contributed by atoms with van der Waals surface area (Å²) in [6, 6.07) is 5.35. The van der Waals surface area contributed by atoms with Gasteiger partial charge >= 0.3 is 0 Å². The van der Waals surface area contributed by atoms with Crippen molar-refractivity contribution in [3.05, 3.63) is 23.9 Å². The molecule has 0 fully saturated rings. The van der Waals surface area contributed by atoms with Crippen LogP contribution in [0.25, 0.3) is 10.9 Å². The Balaban J connectivity index is 2.72. The molecule has 64 valence electrons. The number of aromatic amines is 1. The van der Waals surface area contributed by atoms with Crippen LogP contribution in [-0.2, 0) is 4.79 Å². The van der Waals surface area contributed by atoms with Crippen LogP contribution in [0.15, 0.2) is 23.2 Å². The first kappa shape index (κ1) is 7.71. The summed E-state index contributed by atoms with van der Waals surface area (Å²) in [5.41, 5.74) is 2.45. The van der Waals surface area contributed by atoms with Gasteiger partial charge in [-0.15, -0.1) is 0 Å². The molecule has 2 rings (SSSR count). The maximum Gasteiger partial charge on any atom is 0.240 e. The standard InChI is InChI=1S/C9H7N3O/c1-6-8-4-7(10-5-13)2-3-9(8)12-11-6/h2-4H,1H3,(H,11,12). The summed E-state index contributed by atoms with van der Waals surface area (Å²) in [5.74, 6) is 0. The zero-order valence-corrected chi connectivity index (χ0v) is 7.03. The number of hydrogen-bond acceptors (Lipinski definition) is 3. The highest BCUT2D eigenvalue weighted by Crippen LogP contribution is 2.21. The molecule has 0 amide bonds. The number of aliphatic imine (C=N–C) groups is 1. The number of nitrogens with zero attached hydrogens (tertiary/aromatic N) is 2. The van der Waals surface area contributed by atoms with Crippen molar-refractivity contribution in [2.45, 2.75) is 6.92 Å². The zero-order chi connectivity index (χ0) is 9.26. The molecular formula is C9H7N3O. The van der Waals surface area contributed by atoms with E-state index in [1.807, 2.05) is 13.0 Å². The van der Waals surface area contributed by atoms with E-state index in [4.69, 9.17) is 0 Å². The Bertz CT molecular complexity index is 495. The van der Waals surface area contributed by atoms with Crippen LogP contribution in [0.5, 0.6) is 0 Å². The fourth-order valence-electron chi connectivity index (χ4n) is 1.25. The first-order valence-corrected chi connectivity index (χ1v) is 3.84. The molecule has 1 aromatic carbocycles. The molecule has 0 saturated heterocycles. The summed E-state index contributed by atoms with van der Waals surface area (Å²) in [4.78, 5) is 13.5. The Hall–Kier alpha value is -1.93.